The summed E-state index contributed by atoms with van der Waals surface area (Å²) in [6, 6.07) is 11.8. The summed E-state index contributed by atoms with van der Waals surface area (Å²) in [6.07, 6.45) is 4.49. The molecular formula is C28H35N3O4. The molecule has 3 aromatic rings. The van der Waals surface area contributed by atoms with Crippen LogP contribution in [0.2, 0.25) is 0 Å². The van der Waals surface area contributed by atoms with Crippen LogP contribution in [-0.2, 0) is 15.0 Å². The van der Waals surface area contributed by atoms with Gasteiger partial charge in [-0.25, -0.2) is 9.48 Å². The van der Waals surface area contributed by atoms with Gasteiger partial charge in [0.2, 0.25) is 0 Å². The zero-order valence-corrected chi connectivity index (χ0v) is 21.5. The second-order valence-electron chi connectivity index (χ2n) is 10.7. The van der Waals surface area contributed by atoms with Crippen molar-refractivity contribution in [1.29, 1.82) is 0 Å². The van der Waals surface area contributed by atoms with Gasteiger partial charge in [0.1, 0.15) is 11.8 Å². The number of nitrogens with one attached hydrogen (secondary N) is 1. The fraction of sp³-hybridized carbons (Fsp3) is 0.464. The standard InChI is InChI=1S/C28H35N3O4/c1-18(32)25-21(14-15-23-22(25)17-31(30-23)24-9-7-8-16-34-24)19-10-12-20(13-11-19)28(5,6)29-26(33)35-27(2,3)4/h10-15,17,24H,7-9,16H2,1-6H3,(H,29,33). The van der Waals surface area contributed by atoms with Crippen molar-refractivity contribution in [1.82, 2.24) is 15.1 Å². The molecule has 1 unspecified atom stereocenters. The monoisotopic (exact) mass is 477 g/mol. The minimum atomic E-state index is -0.630. The van der Waals surface area contributed by atoms with Gasteiger partial charge >= 0.3 is 6.09 Å². The molecule has 0 bridgehead atoms. The number of ketones is 1. The van der Waals surface area contributed by atoms with Crippen LogP contribution in [0.1, 0.15) is 83.0 Å². The van der Waals surface area contributed by atoms with Crippen LogP contribution in [0, 0.1) is 0 Å². The molecule has 1 aromatic heterocycles. The summed E-state index contributed by atoms with van der Waals surface area (Å²) in [5, 5.41) is 8.47. The van der Waals surface area contributed by atoms with Gasteiger partial charge < -0.3 is 14.8 Å². The molecule has 4 rings (SSSR count). The van der Waals surface area contributed by atoms with E-state index in [-0.39, 0.29) is 12.0 Å². The summed E-state index contributed by atoms with van der Waals surface area (Å²) in [5.41, 5.74) is 2.96. The predicted octanol–water partition coefficient (Wildman–Crippen LogP) is 6.36. The van der Waals surface area contributed by atoms with Crippen LogP contribution in [-0.4, -0.2) is 33.9 Å². The first-order valence-electron chi connectivity index (χ1n) is 12.2. The maximum absolute atomic E-state index is 12.8. The number of aromatic nitrogens is 2. The Morgan fingerprint density at radius 2 is 1.77 bits per heavy atom. The molecule has 0 radical (unpaired) electrons. The number of ether oxygens (including phenoxy) is 2. The number of nitrogens with zero attached hydrogens (tertiary/aromatic N) is 2. The van der Waals surface area contributed by atoms with Crippen molar-refractivity contribution >= 4 is 22.8 Å². The Bertz CT molecular complexity index is 1230. The van der Waals surface area contributed by atoms with Crippen molar-refractivity contribution in [2.24, 2.45) is 0 Å². The highest BCUT2D eigenvalue weighted by atomic mass is 16.6. The molecule has 1 saturated heterocycles. The molecule has 1 aliphatic rings. The largest absolute Gasteiger partial charge is 0.444 e. The summed E-state index contributed by atoms with van der Waals surface area (Å²) in [7, 11) is 0. The molecule has 1 N–H and O–H groups in total. The summed E-state index contributed by atoms with van der Waals surface area (Å²) < 4.78 is 13.2. The third-order valence-electron chi connectivity index (χ3n) is 6.24. The molecule has 0 spiro atoms. The zero-order chi connectivity index (χ0) is 25.4. The number of hydrogen-bond acceptors (Lipinski definition) is 5. The lowest BCUT2D eigenvalue weighted by Gasteiger charge is -2.29. The average Bonchev–Trinajstić information content (AvgIpc) is 3.21. The molecule has 7 nitrogen and oxygen atoms in total. The molecule has 1 fully saturated rings. The molecule has 2 heterocycles. The van der Waals surface area contributed by atoms with Crippen molar-refractivity contribution in [2.75, 3.05) is 6.61 Å². The van der Waals surface area contributed by atoms with Crippen LogP contribution in [0.5, 0.6) is 0 Å². The third kappa shape index (κ3) is 5.56. The normalized spacial score (nSPS) is 16.8. The van der Waals surface area contributed by atoms with E-state index in [4.69, 9.17) is 14.6 Å². The van der Waals surface area contributed by atoms with Gasteiger partial charge in [-0.05, 0) is 83.6 Å². The van der Waals surface area contributed by atoms with Crippen LogP contribution in [0.25, 0.3) is 22.0 Å². The van der Waals surface area contributed by atoms with Crippen molar-refractivity contribution in [3.8, 4) is 11.1 Å². The van der Waals surface area contributed by atoms with E-state index in [1.807, 2.05) is 81.9 Å². The van der Waals surface area contributed by atoms with Crippen LogP contribution in [0.3, 0.4) is 0 Å². The maximum Gasteiger partial charge on any atom is 0.408 e. The summed E-state index contributed by atoms with van der Waals surface area (Å²) >= 11 is 0. The van der Waals surface area contributed by atoms with Gasteiger partial charge in [-0.3, -0.25) is 4.79 Å². The molecule has 2 aromatic carbocycles. The van der Waals surface area contributed by atoms with E-state index >= 15 is 0 Å². The highest BCUT2D eigenvalue weighted by molar-refractivity contribution is 6.11. The lowest BCUT2D eigenvalue weighted by atomic mass is 9.90. The first-order valence-corrected chi connectivity index (χ1v) is 12.2. The molecule has 0 aliphatic carbocycles. The quantitative estimate of drug-likeness (QED) is 0.432. The van der Waals surface area contributed by atoms with Gasteiger partial charge in [-0.2, -0.15) is 5.10 Å². The zero-order valence-electron chi connectivity index (χ0n) is 21.5. The molecule has 0 saturated carbocycles. The van der Waals surface area contributed by atoms with E-state index in [9.17, 15) is 9.59 Å². The Morgan fingerprint density at radius 1 is 1.06 bits per heavy atom. The number of hydrogen-bond donors (Lipinski definition) is 1. The fourth-order valence-corrected chi connectivity index (χ4v) is 4.51. The van der Waals surface area contributed by atoms with Gasteiger partial charge in [-0.1, -0.05) is 30.3 Å². The number of Topliss-reactive ketones (excluding diaryl/α,β-unsaturated/α-hetero) is 1. The lowest BCUT2D eigenvalue weighted by molar-refractivity contribution is -0.0390. The second-order valence-corrected chi connectivity index (χ2v) is 10.7. The van der Waals surface area contributed by atoms with Crippen LogP contribution in [0.4, 0.5) is 4.79 Å². The molecule has 7 heteroatoms. The highest BCUT2D eigenvalue weighted by Gasteiger charge is 2.27. The average molecular weight is 478 g/mol. The summed E-state index contributed by atoms with van der Waals surface area (Å²) in [5.74, 6) is -0.00860. The second kappa shape index (κ2) is 9.46. The van der Waals surface area contributed by atoms with Crippen LogP contribution >= 0.6 is 0 Å². The van der Waals surface area contributed by atoms with Gasteiger partial charge in [-0.15, -0.1) is 0 Å². The number of amides is 1. The summed E-state index contributed by atoms with van der Waals surface area (Å²) in [6.45, 7) is 11.7. The van der Waals surface area contributed by atoms with E-state index < -0.39 is 17.2 Å². The minimum absolute atomic E-state index is 0.00860. The third-order valence-corrected chi connectivity index (χ3v) is 6.24. The number of carbonyl (C=O) groups is 2. The molecule has 186 valence electrons. The maximum atomic E-state index is 12.8. The molecular weight excluding hydrogens is 442 g/mol. The number of alkyl carbamates (subject to hydrolysis) is 1. The number of carbonyl (C=O) groups excluding carboxylic acids is 2. The Labute approximate surface area is 206 Å². The van der Waals surface area contributed by atoms with Crippen LogP contribution < -0.4 is 5.32 Å². The van der Waals surface area contributed by atoms with E-state index in [0.29, 0.717) is 5.56 Å². The molecule has 1 amide bonds. The fourth-order valence-electron chi connectivity index (χ4n) is 4.51. The Balaban J connectivity index is 1.64. The molecule has 1 aliphatic heterocycles. The Hall–Kier alpha value is -3.19. The molecule has 35 heavy (non-hydrogen) atoms. The van der Waals surface area contributed by atoms with Crippen molar-refractivity contribution < 1.29 is 19.1 Å². The van der Waals surface area contributed by atoms with E-state index in [0.717, 1.165) is 53.5 Å². The first kappa shape index (κ1) is 24.9. The number of fused-ring (bicyclic) bond motifs is 1. The predicted molar refractivity (Wildman–Crippen MR) is 136 cm³/mol. The smallest absolute Gasteiger partial charge is 0.408 e. The summed E-state index contributed by atoms with van der Waals surface area (Å²) in [4.78, 5) is 25.1. The first-order chi connectivity index (χ1) is 16.4. The number of rotatable bonds is 5. The van der Waals surface area contributed by atoms with Crippen molar-refractivity contribution in [2.45, 2.75) is 78.2 Å². The Kier molecular flexibility index (Phi) is 6.73. The van der Waals surface area contributed by atoms with Crippen molar-refractivity contribution in [3.63, 3.8) is 0 Å². The minimum Gasteiger partial charge on any atom is -0.444 e. The van der Waals surface area contributed by atoms with Gasteiger partial charge in [0.15, 0.2) is 5.78 Å². The van der Waals surface area contributed by atoms with E-state index in [2.05, 4.69) is 5.32 Å². The lowest BCUT2D eigenvalue weighted by Crippen LogP contribution is -2.43. The van der Waals surface area contributed by atoms with E-state index in [1.165, 1.54) is 0 Å². The van der Waals surface area contributed by atoms with Gasteiger partial charge in [0.25, 0.3) is 0 Å². The SMILES string of the molecule is CC(=O)c1c(-c2ccc(C(C)(C)NC(=O)OC(C)(C)C)cc2)ccc2nn(C3CCCCO3)cc12. The van der Waals surface area contributed by atoms with E-state index in [1.54, 1.807) is 6.92 Å². The van der Waals surface area contributed by atoms with Crippen molar-refractivity contribution in [3.05, 3.63) is 53.7 Å². The highest BCUT2D eigenvalue weighted by Crippen LogP contribution is 2.33. The molecule has 1 atom stereocenters. The van der Waals surface area contributed by atoms with Gasteiger partial charge in [0.05, 0.1) is 11.1 Å². The van der Waals surface area contributed by atoms with Gasteiger partial charge in [0, 0.05) is 23.8 Å². The Morgan fingerprint density at radius 3 is 2.37 bits per heavy atom. The van der Waals surface area contributed by atoms with Crippen LogP contribution in [0.15, 0.2) is 42.6 Å². The topological polar surface area (TPSA) is 82.5 Å². The number of benzene rings is 2.